The molecule has 0 aromatic heterocycles. The van der Waals surface area contributed by atoms with Crippen LogP contribution in [0.15, 0.2) is 24.4 Å². The molecule has 1 amide bonds. The first kappa shape index (κ1) is 12.0. The molecule has 3 nitrogen and oxygen atoms in total. The zero-order valence-corrected chi connectivity index (χ0v) is 9.75. The van der Waals surface area contributed by atoms with Crippen molar-refractivity contribution in [3.8, 4) is 0 Å². The lowest BCUT2D eigenvalue weighted by Crippen LogP contribution is -2.34. The Hall–Kier alpha value is -1.09. The summed E-state index contributed by atoms with van der Waals surface area (Å²) in [6.07, 6.45) is 4.70. The van der Waals surface area contributed by atoms with Crippen molar-refractivity contribution in [2.45, 2.75) is 32.8 Å². The Labute approximate surface area is 91.4 Å². The van der Waals surface area contributed by atoms with Gasteiger partial charge in [-0.05, 0) is 20.3 Å². The molecule has 15 heavy (non-hydrogen) atoms. The Balaban J connectivity index is 2.64. The van der Waals surface area contributed by atoms with Gasteiger partial charge in [-0.3, -0.25) is 4.79 Å². The second-order valence-electron chi connectivity index (χ2n) is 4.24. The van der Waals surface area contributed by atoms with Gasteiger partial charge in [0.1, 0.15) is 5.60 Å². The zero-order valence-electron chi connectivity index (χ0n) is 9.75. The molecule has 1 rings (SSSR count). The van der Waals surface area contributed by atoms with Gasteiger partial charge < -0.3 is 9.64 Å². The van der Waals surface area contributed by atoms with Gasteiger partial charge >= 0.3 is 0 Å². The summed E-state index contributed by atoms with van der Waals surface area (Å²) >= 11 is 0. The molecule has 0 aliphatic carbocycles. The van der Waals surface area contributed by atoms with E-state index in [1.54, 1.807) is 11.8 Å². The number of rotatable bonds is 5. The minimum atomic E-state index is -0.150. The second kappa shape index (κ2) is 4.62. The van der Waals surface area contributed by atoms with Crippen LogP contribution in [0.5, 0.6) is 0 Å². The number of hydrogen-bond acceptors (Lipinski definition) is 2. The van der Waals surface area contributed by atoms with Gasteiger partial charge in [-0.2, -0.15) is 0 Å². The summed E-state index contributed by atoms with van der Waals surface area (Å²) in [5.41, 5.74) is 0.406. The maximum absolute atomic E-state index is 11.8. The number of epoxide rings is 1. The molecular weight excluding hydrogens is 190 g/mol. The Morgan fingerprint density at radius 3 is 2.67 bits per heavy atom. The fourth-order valence-electron chi connectivity index (χ4n) is 1.24. The van der Waals surface area contributed by atoms with Crippen molar-refractivity contribution in [3.05, 3.63) is 24.4 Å². The number of amides is 1. The average Bonchev–Trinajstić information content (AvgIpc) is 2.90. The van der Waals surface area contributed by atoms with Crippen molar-refractivity contribution >= 4 is 5.91 Å². The normalized spacial score (nSPS) is 24.2. The van der Waals surface area contributed by atoms with Crippen LogP contribution in [0.2, 0.25) is 0 Å². The number of carbonyl (C=O) groups is 1. The van der Waals surface area contributed by atoms with Crippen LogP contribution in [0.1, 0.15) is 27.2 Å². The van der Waals surface area contributed by atoms with Crippen LogP contribution in [0.25, 0.3) is 0 Å². The SMILES string of the molecule is C=C(C)C(=O)N(C=CCC)CC1(C)CO1. The number of ether oxygens (including phenoxy) is 1. The predicted octanol–water partition coefficient (Wildman–Crippen LogP) is 2.10. The molecule has 0 bridgehead atoms. The molecule has 3 heteroatoms. The molecule has 1 unspecified atom stereocenters. The van der Waals surface area contributed by atoms with E-state index in [0.29, 0.717) is 12.1 Å². The van der Waals surface area contributed by atoms with Crippen LogP contribution >= 0.6 is 0 Å². The topological polar surface area (TPSA) is 32.8 Å². The molecule has 0 saturated carbocycles. The largest absolute Gasteiger partial charge is 0.368 e. The fraction of sp³-hybridized carbons (Fsp3) is 0.583. The van der Waals surface area contributed by atoms with Crippen molar-refractivity contribution in [1.29, 1.82) is 0 Å². The van der Waals surface area contributed by atoms with Crippen LogP contribution in [0.4, 0.5) is 0 Å². The molecule has 1 saturated heterocycles. The lowest BCUT2D eigenvalue weighted by molar-refractivity contribution is -0.125. The van der Waals surface area contributed by atoms with Crippen molar-refractivity contribution in [1.82, 2.24) is 4.90 Å². The molecule has 0 radical (unpaired) electrons. The predicted molar refractivity (Wildman–Crippen MR) is 60.3 cm³/mol. The summed E-state index contributed by atoms with van der Waals surface area (Å²) in [5.74, 6) is -0.0311. The molecule has 1 aliphatic heterocycles. The number of nitrogens with zero attached hydrogens (tertiary/aromatic N) is 1. The molecular formula is C12H19NO2. The minimum Gasteiger partial charge on any atom is -0.368 e. The van der Waals surface area contributed by atoms with Crippen molar-refractivity contribution < 1.29 is 9.53 Å². The molecule has 0 aromatic carbocycles. The zero-order chi connectivity index (χ0) is 11.5. The van der Waals surface area contributed by atoms with Gasteiger partial charge in [0, 0.05) is 11.8 Å². The van der Waals surface area contributed by atoms with E-state index in [-0.39, 0.29) is 11.5 Å². The third-order valence-electron chi connectivity index (χ3n) is 2.29. The van der Waals surface area contributed by atoms with Gasteiger partial charge in [-0.25, -0.2) is 0 Å². The van der Waals surface area contributed by atoms with Crippen LogP contribution in [0, 0.1) is 0 Å². The lowest BCUT2D eigenvalue weighted by Gasteiger charge is -2.20. The molecule has 0 N–H and O–H groups in total. The van der Waals surface area contributed by atoms with E-state index in [1.807, 2.05) is 26.1 Å². The van der Waals surface area contributed by atoms with Crippen molar-refractivity contribution in [2.75, 3.05) is 13.2 Å². The quantitative estimate of drug-likeness (QED) is 0.513. The first-order valence-corrected chi connectivity index (χ1v) is 5.25. The van der Waals surface area contributed by atoms with Gasteiger partial charge in [-0.1, -0.05) is 19.6 Å². The van der Waals surface area contributed by atoms with E-state index < -0.39 is 0 Å². The molecule has 84 valence electrons. The Kier molecular flexibility index (Phi) is 3.69. The van der Waals surface area contributed by atoms with Crippen LogP contribution in [0.3, 0.4) is 0 Å². The smallest absolute Gasteiger partial charge is 0.252 e. The van der Waals surface area contributed by atoms with Crippen molar-refractivity contribution in [2.24, 2.45) is 0 Å². The van der Waals surface area contributed by atoms with E-state index in [1.165, 1.54) is 0 Å². The van der Waals surface area contributed by atoms with E-state index in [2.05, 4.69) is 6.58 Å². The summed E-state index contributed by atoms with van der Waals surface area (Å²) in [5, 5.41) is 0. The number of hydrogen-bond donors (Lipinski definition) is 0. The molecule has 1 aliphatic rings. The Bertz CT molecular complexity index is 290. The summed E-state index contributed by atoms with van der Waals surface area (Å²) in [6, 6.07) is 0. The van der Waals surface area contributed by atoms with Crippen LogP contribution in [-0.2, 0) is 9.53 Å². The van der Waals surface area contributed by atoms with Crippen molar-refractivity contribution in [3.63, 3.8) is 0 Å². The third-order valence-corrected chi connectivity index (χ3v) is 2.29. The van der Waals surface area contributed by atoms with E-state index in [9.17, 15) is 4.79 Å². The van der Waals surface area contributed by atoms with Gasteiger partial charge in [0.05, 0.1) is 13.2 Å². The molecule has 0 aromatic rings. The maximum Gasteiger partial charge on any atom is 0.252 e. The van der Waals surface area contributed by atoms with Crippen LogP contribution < -0.4 is 0 Å². The van der Waals surface area contributed by atoms with Gasteiger partial charge in [0.2, 0.25) is 0 Å². The first-order valence-electron chi connectivity index (χ1n) is 5.25. The first-order chi connectivity index (χ1) is 6.98. The highest BCUT2D eigenvalue weighted by Crippen LogP contribution is 2.27. The van der Waals surface area contributed by atoms with Crippen LogP contribution in [-0.4, -0.2) is 29.6 Å². The summed E-state index contributed by atoms with van der Waals surface area (Å²) in [6.45, 7) is 10.8. The highest BCUT2D eigenvalue weighted by Gasteiger charge is 2.41. The van der Waals surface area contributed by atoms with Gasteiger partial charge in [0.15, 0.2) is 0 Å². The number of allylic oxidation sites excluding steroid dienone is 1. The maximum atomic E-state index is 11.8. The minimum absolute atomic E-state index is 0.0311. The van der Waals surface area contributed by atoms with Gasteiger partial charge in [-0.15, -0.1) is 0 Å². The highest BCUT2D eigenvalue weighted by molar-refractivity contribution is 5.92. The molecule has 1 atom stereocenters. The van der Waals surface area contributed by atoms with E-state index >= 15 is 0 Å². The summed E-state index contributed by atoms with van der Waals surface area (Å²) in [4.78, 5) is 13.5. The Morgan fingerprint density at radius 2 is 2.27 bits per heavy atom. The standard InChI is InChI=1S/C12H19NO2/c1-5-6-7-13(11(14)10(2)3)8-12(4)9-15-12/h6-7H,2,5,8-9H2,1,3-4H3. The summed E-state index contributed by atoms with van der Waals surface area (Å²) < 4.78 is 5.28. The van der Waals surface area contributed by atoms with E-state index in [4.69, 9.17) is 4.74 Å². The Morgan fingerprint density at radius 1 is 1.67 bits per heavy atom. The second-order valence-corrected chi connectivity index (χ2v) is 4.24. The monoisotopic (exact) mass is 209 g/mol. The highest BCUT2D eigenvalue weighted by atomic mass is 16.6. The molecule has 1 heterocycles. The van der Waals surface area contributed by atoms with Gasteiger partial charge in [0.25, 0.3) is 5.91 Å². The molecule has 0 spiro atoms. The third kappa shape index (κ3) is 3.51. The van der Waals surface area contributed by atoms with E-state index in [0.717, 1.165) is 13.0 Å². The molecule has 1 fully saturated rings. The fourth-order valence-corrected chi connectivity index (χ4v) is 1.24. The number of carbonyl (C=O) groups excluding carboxylic acids is 1. The lowest BCUT2D eigenvalue weighted by atomic mass is 10.2. The average molecular weight is 209 g/mol. The summed E-state index contributed by atoms with van der Waals surface area (Å²) in [7, 11) is 0.